The molecular formula is C28H26Cl2PS3+. The molecule has 6 heteroatoms. The van der Waals surface area contributed by atoms with Gasteiger partial charge in [0, 0.05) is 30.3 Å². The predicted octanol–water partition coefficient (Wildman–Crippen LogP) is 8.65. The molecule has 0 unspecified atom stereocenters. The Morgan fingerprint density at radius 2 is 0.941 bits per heavy atom. The van der Waals surface area contributed by atoms with E-state index in [0.29, 0.717) is 5.02 Å². The van der Waals surface area contributed by atoms with E-state index in [2.05, 4.69) is 97.6 Å². The van der Waals surface area contributed by atoms with Gasteiger partial charge in [-0.25, -0.2) is 0 Å². The Labute approximate surface area is 226 Å². The second kappa shape index (κ2) is 11.8. The molecule has 0 spiro atoms. The highest BCUT2D eigenvalue weighted by atomic mass is 35.5. The van der Waals surface area contributed by atoms with Crippen LogP contribution in [0.4, 0.5) is 0 Å². The van der Waals surface area contributed by atoms with E-state index in [0.717, 1.165) is 16.7 Å². The minimum atomic E-state index is -2.06. The first kappa shape index (κ1) is 26.0. The summed E-state index contributed by atoms with van der Waals surface area (Å²) in [6.45, 7) is 0. The van der Waals surface area contributed by atoms with E-state index in [1.54, 1.807) is 35.3 Å². The number of thioether (sulfide) groups is 3. The van der Waals surface area contributed by atoms with Crippen LogP contribution in [0.1, 0.15) is 5.56 Å². The number of hydrogen-bond acceptors (Lipinski definition) is 3. The van der Waals surface area contributed by atoms with Crippen molar-refractivity contribution in [2.24, 2.45) is 0 Å². The van der Waals surface area contributed by atoms with Gasteiger partial charge in [-0.15, -0.1) is 35.3 Å². The predicted molar refractivity (Wildman–Crippen MR) is 161 cm³/mol. The van der Waals surface area contributed by atoms with Crippen LogP contribution in [0.25, 0.3) is 0 Å². The van der Waals surface area contributed by atoms with E-state index in [4.69, 9.17) is 23.2 Å². The Morgan fingerprint density at radius 3 is 1.26 bits per heavy atom. The first-order chi connectivity index (χ1) is 16.5. The fraction of sp³-hybridized carbons (Fsp3) is 0.143. The molecule has 0 radical (unpaired) electrons. The molecule has 0 nitrogen and oxygen atoms in total. The van der Waals surface area contributed by atoms with Crippen molar-refractivity contribution in [3.63, 3.8) is 0 Å². The van der Waals surface area contributed by atoms with E-state index in [9.17, 15) is 0 Å². The van der Waals surface area contributed by atoms with Gasteiger partial charge in [0.1, 0.15) is 23.2 Å². The Bertz CT molecular complexity index is 1120. The second-order valence-electron chi connectivity index (χ2n) is 7.80. The van der Waals surface area contributed by atoms with Gasteiger partial charge in [0.25, 0.3) is 0 Å². The average Bonchev–Trinajstić information content (AvgIpc) is 2.89. The minimum Gasteiger partial charge on any atom is -0.130 e. The van der Waals surface area contributed by atoms with Crippen LogP contribution in [0, 0.1) is 0 Å². The van der Waals surface area contributed by atoms with Crippen LogP contribution in [-0.4, -0.2) is 18.8 Å². The molecule has 0 amide bonds. The monoisotopic (exact) mass is 559 g/mol. The lowest BCUT2D eigenvalue weighted by Gasteiger charge is -2.28. The van der Waals surface area contributed by atoms with Crippen molar-refractivity contribution in [2.75, 3.05) is 18.8 Å². The smallest absolute Gasteiger partial charge is 0.116 e. The number of rotatable bonds is 8. The van der Waals surface area contributed by atoms with Crippen LogP contribution >= 0.6 is 65.8 Å². The van der Waals surface area contributed by atoms with Crippen molar-refractivity contribution in [3.8, 4) is 0 Å². The molecule has 4 aromatic rings. The molecule has 0 N–H and O–H groups in total. The maximum atomic E-state index is 6.76. The van der Waals surface area contributed by atoms with Gasteiger partial charge in [0.05, 0.1) is 6.16 Å². The Hall–Kier alpha value is -1.06. The number of benzene rings is 4. The third kappa shape index (κ3) is 5.51. The third-order valence-electron chi connectivity index (χ3n) is 5.96. The molecule has 174 valence electrons. The molecular weight excluding hydrogens is 534 g/mol. The van der Waals surface area contributed by atoms with Gasteiger partial charge in [-0.2, -0.15) is 0 Å². The molecule has 0 heterocycles. The summed E-state index contributed by atoms with van der Waals surface area (Å²) in [4.78, 5) is 3.80. The van der Waals surface area contributed by atoms with E-state index >= 15 is 0 Å². The lowest BCUT2D eigenvalue weighted by molar-refractivity contribution is 1.38. The molecule has 0 bridgehead atoms. The maximum absolute atomic E-state index is 6.76. The van der Waals surface area contributed by atoms with Crippen molar-refractivity contribution in [3.05, 3.63) is 107 Å². The zero-order chi connectivity index (χ0) is 24.1. The average molecular weight is 561 g/mol. The van der Waals surface area contributed by atoms with E-state index in [1.807, 2.05) is 12.1 Å². The van der Waals surface area contributed by atoms with Crippen LogP contribution in [0.2, 0.25) is 10.0 Å². The summed E-state index contributed by atoms with van der Waals surface area (Å²) >= 11 is 18.3. The summed E-state index contributed by atoms with van der Waals surface area (Å²) in [5.41, 5.74) is 1.12. The number of hydrogen-bond donors (Lipinski definition) is 0. The summed E-state index contributed by atoms with van der Waals surface area (Å²) < 4.78 is 0. The van der Waals surface area contributed by atoms with Crippen LogP contribution in [0.15, 0.2) is 106 Å². The Kier molecular flexibility index (Phi) is 9.02. The van der Waals surface area contributed by atoms with Gasteiger partial charge < -0.3 is 0 Å². The lowest BCUT2D eigenvalue weighted by Crippen LogP contribution is -2.32. The quantitative estimate of drug-likeness (QED) is 0.156. The summed E-state index contributed by atoms with van der Waals surface area (Å²) in [5, 5.41) is 5.44. The molecule has 0 aliphatic heterocycles. The van der Waals surface area contributed by atoms with E-state index in [1.165, 1.54) is 30.6 Å². The molecule has 0 fully saturated rings. The SMILES string of the molecule is CSc1ccc([P+](Cc2ccc(Cl)cc2Cl)(c2ccc(SC)cc2)c2ccc(SC)cc2)cc1. The van der Waals surface area contributed by atoms with Gasteiger partial charge in [-0.3, -0.25) is 0 Å². The highest BCUT2D eigenvalue weighted by Crippen LogP contribution is 2.59. The van der Waals surface area contributed by atoms with Crippen molar-refractivity contribution >= 4 is 81.7 Å². The zero-order valence-corrected chi connectivity index (χ0v) is 24.2. The molecule has 0 aliphatic rings. The standard InChI is InChI=1S/C28H26Cl2PS3/c1-32-25-12-6-22(7-13-25)31(23-8-14-26(33-2)15-9-23,24-10-16-27(34-3)17-11-24)19-20-4-5-21(29)18-28(20)30/h4-18H,19H2,1-3H3/q+1. The highest BCUT2D eigenvalue weighted by Gasteiger charge is 2.46. The zero-order valence-electron chi connectivity index (χ0n) is 19.3. The van der Waals surface area contributed by atoms with Crippen LogP contribution in [0.3, 0.4) is 0 Å². The van der Waals surface area contributed by atoms with Crippen molar-refractivity contribution in [2.45, 2.75) is 20.8 Å². The molecule has 0 atom stereocenters. The van der Waals surface area contributed by atoms with Gasteiger partial charge in [-0.1, -0.05) is 29.3 Å². The summed E-state index contributed by atoms with van der Waals surface area (Å²) in [6.07, 6.45) is 7.19. The molecule has 0 saturated heterocycles. The molecule has 4 rings (SSSR count). The second-order valence-corrected chi connectivity index (χ2v) is 14.8. The van der Waals surface area contributed by atoms with Crippen LogP contribution in [-0.2, 0) is 6.16 Å². The van der Waals surface area contributed by atoms with E-state index in [-0.39, 0.29) is 0 Å². The van der Waals surface area contributed by atoms with Gasteiger partial charge >= 0.3 is 0 Å². The molecule has 0 saturated carbocycles. The summed E-state index contributed by atoms with van der Waals surface area (Å²) in [6, 6.07) is 33.2. The topological polar surface area (TPSA) is 0 Å². The maximum Gasteiger partial charge on any atom is 0.116 e. The van der Waals surface area contributed by atoms with Gasteiger partial charge in [-0.05, 0) is 104 Å². The van der Waals surface area contributed by atoms with Crippen molar-refractivity contribution in [1.82, 2.24) is 0 Å². The van der Waals surface area contributed by atoms with Crippen molar-refractivity contribution < 1.29 is 0 Å². The van der Waals surface area contributed by atoms with E-state index < -0.39 is 7.26 Å². The van der Waals surface area contributed by atoms with Crippen LogP contribution in [0.5, 0.6) is 0 Å². The highest BCUT2D eigenvalue weighted by molar-refractivity contribution is 7.99. The first-order valence-electron chi connectivity index (χ1n) is 10.8. The Morgan fingerprint density at radius 1 is 0.559 bits per heavy atom. The summed E-state index contributed by atoms with van der Waals surface area (Å²) in [7, 11) is -2.06. The van der Waals surface area contributed by atoms with Gasteiger partial charge in [0.2, 0.25) is 0 Å². The largest absolute Gasteiger partial charge is 0.130 e. The van der Waals surface area contributed by atoms with Crippen molar-refractivity contribution in [1.29, 1.82) is 0 Å². The molecule has 34 heavy (non-hydrogen) atoms. The molecule has 0 aliphatic carbocycles. The lowest BCUT2D eigenvalue weighted by atomic mass is 10.2. The van der Waals surface area contributed by atoms with Gasteiger partial charge in [0.15, 0.2) is 0 Å². The fourth-order valence-electron chi connectivity index (χ4n) is 4.14. The normalized spacial score (nSPS) is 11.6. The summed E-state index contributed by atoms with van der Waals surface area (Å²) in [5.74, 6) is 0. The van der Waals surface area contributed by atoms with Crippen LogP contribution < -0.4 is 15.9 Å². The number of halogens is 2. The molecule has 4 aromatic carbocycles. The molecule has 0 aromatic heterocycles. The minimum absolute atomic E-state index is 0.663. The Balaban J connectivity index is 2.00. The third-order valence-corrected chi connectivity index (χ3v) is 13.1. The first-order valence-corrected chi connectivity index (χ1v) is 17.2. The fourth-order valence-corrected chi connectivity index (χ4v) is 10.1.